The Hall–Kier alpha value is -3.15. The first-order valence-corrected chi connectivity index (χ1v) is 6.18. The van der Waals surface area contributed by atoms with E-state index in [-0.39, 0.29) is 5.56 Å². The fourth-order valence-electron chi connectivity index (χ4n) is 2.07. The minimum absolute atomic E-state index is 0.0291. The number of benzene rings is 2. The van der Waals surface area contributed by atoms with Crippen molar-refractivity contribution in [1.29, 1.82) is 0 Å². The highest BCUT2D eigenvalue weighted by Crippen LogP contribution is 2.35. The zero-order chi connectivity index (χ0) is 15.0. The fourth-order valence-corrected chi connectivity index (χ4v) is 2.07. The molecule has 2 aromatic carbocycles. The molecule has 1 amide bonds. The Morgan fingerprint density at radius 1 is 1.00 bits per heavy atom. The van der Waals surface area contributed by atoms with Crippen molar-refractivity contribution in [2.45, 2.75) is 0 Å². The predicted octanol–water partition coefficient (Wildman–Crippen LogP) is 2.54. The summed E-state index contributed by atoms with van der Waals surface area (Å²) in [6.07, 6.45) is 0. The van der Waals surface area contributed by atoms with Gasteiger partial charge in [-0.1, -0.05) is 18.2 Å². The molecule has 21 heavy (non-hydrogen) atoms. The lowest BCUT2D eigenvalue weighted by molar-refractivity contribution is 0.102. The SMILES string of the molecule is O=C(Nc1cc2ccccc2[nH]1)c1cc(O)c(O)c(O)c1. The van der Waals surface area contributed by atoms with Crippen LogP contribution in [0.1, 0.15) is 10.4 Å². The fraction of sp³-hybridized carbons (Fsp3) is 0. The van der Waals surface area contributed by atoms with E-state index in [0.29, 0.717) is 5.82 Å². The van der Waals surface area contributed by atoms with Gasteiger partial charge in [-0.15, -0.1) is 0 Å². The summed E-state index contributed by atoms with van der Waals surface area (Å²) >= 11 is 0. The molecule has 0 spiro atoms. The maximum Gasteiger partial charge on any atom is 0.257 e. The molecule has 0 unspecified atom stereocenters. The van der Waals surface area contributed by atoms with Gasteiger partial charge in [0.2, 0.25) is 0 Å². The van der Waals surface area contributed by atoms with Gasteiger partial charge in [0.05, 0.1) is 0 Å². The second-order valence-corrected chi connectivity index (χ2v) is 4.59. The topological polar surface area (TPSA) is 106 Å². The third-order valence-electron chi connectivity index (χ3n) is 3.11. The zero-order valence-corrected chi connectivity index (χ0v) is 10.8. The molecule has 0 atom stereocenters. The van der Waals surface area contributed by atoms with E-state index < -0.39 is 23.2 Å². The lowest BCUT2D eigenvalue weighted by Crippen LogP contribution is -2.11. The van der Waals surface area contributed by atoms with E-state index in [4.69, 9.17) is 0 Å². The van der Waals surface area contributed by atoms with Crippen LogP contribution in [0.4, 0.5) is 5.82 Å². The normalized spacial score (nSPS) is 10.7. The van der Waals surface area contributed by atoms with E-state index in [0.717, 1.165) is 23.0 Å². The molecular formula is C15H12N2O4. The van der Waals surface area contributed by atoms with Crippen molar-refractivity contribution in [3.8, 4) is 17.2 Å². The number of fused-ring (bicyclic) bond motifs is 1. The summed E-state index contributed by atoms with van der Waals surface area (Å²) in [7, 11) is 0. The molecule has 5 N–H and O–H groups in total. The number of rotatable bonds is 2. The van der Waals surface area contributed by atoms with Crippen molar-refractivity contribution >= 4 is 22.6 Å². The first-order valence-electron chi connectivity index (χ1n) is 6.18. The van der Waals surface area contributed by atoms with Gasteiger partial charge < -0.3 is 25.6 Å². The van der Waals surface area contributed by atoms with Gasteiger partial charge in [-0.05, 0) is 24.3 Å². The third-order valence-corrected chi connectivity index (χ3v) is 3.11. The number of para-hydroxylation sites is 1. The first kappa shape index (κ1) is 12.9. The second-order valence-electron chi connectivity index (χ2n) is 4.59. The van der Waals surface area contributed by atoms with E-state index in [2.05, 4.69) is 10.3 Å². The Labute approximate surface area is 119 Å². The molecule has 0 fully saturated rings. The number of hydrogen-bond donors (Lipinski definition) is 5. The smallest absolute Gasteiger partial charge is 0.257 e. The van der Waals surface area contributed by atoms with Gasteiger partial charge in [0.25, 0.3) is 5.91 Å². The van der Waals surface area contributed by atoms with Crippen LogP contribution in [0.3, 0.4) is 0 Å². The number of aromatic hydroxyl groups is 3. The van der Waals surface area contributed by atoms with Gasteiger partial charge in [-0.2, -0.15) is 0 Å². The Balaban J connectivity index is 1.89. The van der Waals surface area contributed by atoms with Crippen LogP contribution in [-0.2, 0) is 0 Å². The Morgan fingerprint density at radius 3 is 2.33 bits per heavy atom. The number of hydrogen-bond acceptors (Lipinski definition) is 4. The van der Waals surface area contributed by atoms with Crippen molar-refractivity contribution in [2.75, 3.05) is 5.32 Å². The number of carbonyl (C=O) groups is 1. The minimum atomic E-state index is -0.655. The number of phenols is 3. The number of nitrogens with one attached hydrogen (secondary N) is 2. The van der Waals surface area contributed by atoms with Gasteiger partial charge in [0.15, 0.2) is 17.2 Å². The average Bonchev–Trinajstić information content (AvgIpc) is 2.86. The molecule has 3 aromatic rings. The van der Waals surface area contributed by atoms with Crippen LogP contribution in [0.5, 0.6) is 17.2 Å². The van der Waals surface area contributed by atoms with Crippen LogP contribution in [0.25, 0.3) is 10.9 Å². The molecule has 0 aliphatic carbocycles. The molecule has 106 valence electrons. The molecule has 0 radical (unpaired) electrons. The van der Waals surface area contributed by atoms with E-state index in [1.54, 1.807) is 6.07 Å². The van der Waals surface area contributed by atoms with E-state index in [1.165, 1.54) is 0 Å². The number of aromatic amines is 1. The van der Waals surface area contributed by atoms with Crippen LogP contribution < -0.4 is 5.32 Å². The largest absolute Gasteiger partial charge is 0.504 e. The van der Waals surface area contributed by atoms with Crippen LogP contribution in [0.15, 0.2) is 42.5 Å². The van der Waals surface area contributed by atoms with Crippen LogP contribution >= 0.6 is 0 Å². The quantitative estimate of drug-likeness (QED) is 0.466. The summed E-state index contributed by atoms with van der Waals surface area (Å²) in [5, 5.41) is 31.7. The molecule has 3 rings (SSSR count). The number of anilines is 1. The molecule has 0 aliphatic rings. The Bertz CT molecular complexity index is 783. The molecule has 1 aromatic heterocycles. The predicted molar refractivity (Wildman–Crippen MR) is 77.7 cm³/mol. The monoisotopic (exact) mass is 284 g/mol. The number of carbonyl (C=O) groups excluding carboxylic acids is 1. The molecule has 6 heteroatoms. The van der Waals surface area contributed by atoms with Gasteiger partial charge >= 0.3 is 0 Å². The van der Waals surface area contributed by atoms with Crippen LogP contribution in [0, 0.1) is 0 Å². The van der Waals surface area contributed by atoms with Crippen LogP contribution in [0.2, 0.25) is 0 Å². The maximum atomic E-state index is 12.1. The van der Waals surface area contributed by atoms with Gasteiger partial charge in [0.1, 0.15) is 5.82 Å². The molecule has 0 bridgehead atoms. The number of aromatic nitrogens is 1. The molecule has 0 saturated heterocycles. The molecular weight excluding hydrogens is 272 g/mol. The molecule has 1 heterocycles. The van der Waals surface area contributed by atoms with Crippen LogP contribution in [-0.4, -0.2) is 26.2 Å². The summed E-state index contributed by atoms with van der Waals surface area (Å²) in [6, 6.07) is 11.5. The standard InChI is InChI=1S/C15H12N2O4/c18-11-5-9(6-12(19)14(11)20)15(21)17-13-7-8-3-1-2-4-10(8)16-13/h1-7,16,18-20H,(H,17,21). The summed E-state index contributed by atoms with van der Waals surface area (Å²) in [4.78, 5) is 15.1. The number of H-pyrrole nitrogens is 1. The van der Waals surface area contributed by atoms with Crippen molar-refractivity contribution in [3.05, 3.63) is 48.0 Å². The highest BCUT2D eigenvalue weighted by Gasteiger charge is 2.14. The first-order chi connectivity index (χ1) is 10.0. The van der Waals surface area contributed by atoms with E-state index >= 15 is 0 Å². The number of phenolic OH excluding ortho intramolecular Hbond substituents is 3. The lowest BCUT2D eigenvalue weighted by Gasteiger charge is -2.06. The van der Waals surface area contributed by atoms with Gasteiger partial charge in [-0.25, -0.2) is 0 Å². The van der Waals surface area contributed by atoms with E-state index in [1.807, 2.05) is 24.3 Å². The minimum Gasteiger partial charge on any atom is -0.504 e. The molecule has 6 nitrogen and oxygen atoms in total. The third kappa shape index (κ3) is 2.34. The summed E-state index contributed by atoms with van der Waals surface area (Å²) < 4.78 is 0. The summed E-state index contributed by atoms with van der Waals surface area (Å²) in [5.74, 6) is -1.80. The average molecular weight is 284 g/mol. The zero-order valence-electron chi connectivity index (χ0n) is 10.8. The second kappa shape index (κ2) is 4.75. The van der Waals surface area contributed by atoms with Gasteiger partial charge in [-0.3, -0.25) is 4.79 Å². The van der Waals surface area contributed by atoms with E-state index in [9.17, 15) is 20.1 Å². The molecule has 0 saturated carbocycles. The Morgan fingerprint density at radius 2 is 1.67 bits per heavy atom. The molecule has 0 aliphatic heterocycles. The van der Waals surface area contributed by atoms with Crippen molar-refractivity contribution < 1.29 is 20.1 Å². The lowest BCUT2D eigenvalue weighted by atomic mass is 10.1. The maximum absolute atomic E-state index is 12.1. The summed E-state index contributed by atoms with van der Waals surface area (Å²) in [6.45, 7) is 0. The van der Waals surface area contributed by atoms with Crippen molar-refractivity contribution in [2.24, 2.45) is 0 Å². The highest BCUT2D eigenvalue weighted by molar-refractivity contribution is 6.05. The Kier molecular flexibility index (Phi) is 2.91. The summed E-state index contributed by atoms with van der Waals surface area (Å²) in [5.41, 5.74) is 0.908. The van der Waals surface area contributed by atoms with Crippen molar-refractivity contribution in [3.63, 3.8) is 0 Å². The van der Waals surface area contributed by atoms with Crippen molar-refractivity contribution in [1.82, 2.24) is 4.98 Å². The highest BCUT2D eigenvalue weighted by atomic mass is 16.3. The van der Waals surface area contributed by atoms with Gasteiger partial charge in [0, 0.05) is 16.5 Å². The number of amides is 1.